The average Bonchev–Trinajstić information content (AvgIpc) is 2.70. The number of aliphatic hydroxyl groups excluding tert-OH is 1. The summed E-state index contributed by atoms with van der Waals surface area (Å²) in [5, 5.41) is 9.22. The highest BCUT2D eigenvalue weighted by atomic mass is 16.5. The number of hydrogen-bond donors (Lipinski definition) is 1. The second-order valence-electron chi connectivity index (χ2n) is 4.03. The van der Waals surface area contributed by atoms with Gasteiger partial charge in [-0.2, -0.15) is 0 Å². The molecule has 2 heterocycles. The third-order valence-corrected chi connectivity index (χ3v) is 3.22. The van der Waals surface area contributed by atoms with Gasteiger partial charge < -0.3 is 14.6 Å². The zero-order valence-corrected chi connectivity index (χ0v) is 8.73. The fourth-order valence-electron chi connectivity index (χ4n) is 2.42. The van der Waals surface area contributed by atoms with Gasteiger partial charge in [0.25, 0.3) is 0 Å². The summed E-state index contributed by atoms with van der Waals surface area (Å²) in [6.07, 6.45) is 0.524. The van der Waals surface area contributed by atoms with Gasteiger partial charge in [0.1, 0.15) is 12.7 Å². The SMILES string of the molecule is O=C1OCc2c1ccc1c2CCO[C@@H]1CO. The molecule has 0 amide bonds. The maximum atomic E-state index is 11.4. The normalized spacial score (nSPS) is 22.6. The molecule has 0 aromatic heterocycles. The maximum absolute atomic E-state index is 11.4. The van der Waals surface area contributed by atoms with Crippen LogP contribution < -0.4 is 0 Å². The molecule has 2 aliphatic rings. The number of rotatable bonds is 1. The third kappa shape index (κ3) is 1.27. The Morgan fingerprint density at radius 3 is 3.06 bits per heavy atom. The molecule has 0 saturated carbocycles. The van der Waals surface area contributed by atoms with Gasteiger partial charge in [0.2, 0.25) is 0 Å². The topological polar surface area (TPSA) is 55.8 Å². The fraction of sp³-hybridized carbons (Fsp3) is 0.417. The first-order valence-corrected chi connectivity index (χ1v) is 5.35. The molecule has 4 heteroatoms. The lowest BCUT2D eigenvalue weighted by Gasteiger charge is -2.25. The van der Waals surface area contributed by atoms with Crippen LogP contribution in [0.3, 0.4) is 0 Å². The highest BCUT2D eigenvalue weighted by Crippen LogP contribution is 2.34. The Morgan fingerprint density at radius 1 is 1.38 bits per heavy atom. The first-order chi connectivity index (χ1) is 7.81. The minimum Gasteiger partial charge on any atom is -0.457 e. The van der Waals surface area contributed by atoms with Crippen molar-refractivity contribution < 1.29 is 19.4 Å². The predicted octanol–water partition coefficient (Wildman–Crippen LogP) is 0.963. The molecule has 0 spiro atoms. The van der Waals surface area contributed by atoms with Crippen molar-refractivity contribution in [1.29, 1.82) is 0 Å². The molecule has 1 aromatic rings. The van der Waals surface area contributed by atoms with Crippen LogP contribution in [0.1, 0.15) is 33.2 Å². The Bertz CT molecular complexity index is 453. The van der Waals surface area contributed by atoms with E-state index >= 15 is 0 Å². The molecule has 0 fully saturated rings. The fourth-order valence-corrected chi connectivity index (χ4v) is 2.42. The smallest absolute Gasteiger partial charge is 0.338 e. The van der Waals surface area contributed by atoms with E-state index in [4.69, 9.17) is 9.47 Å². The monoisotopic (exact) mass is 220 g/mol. The van der Waals surface area contributed by atoms with E-state index in [0.717, 1.165) is 23.1 Å². The molecule has 1 atom stereocenters. The van der Waals surface area contributed by atoms with Crippen LogP contribution in [0.15, 0.2) is 12.1 Å². The molecular weight excluding hydrogens is 208 g/mol. The van der Waals surface area contributed by atoms with Crippen LogP contribution >= 0.6 is 0 Å². The molecule has 0 aliphatic carbocycles. The minimum absolute atomic E-state index is 0.0272. The average molecular weight is 220 g/mol. The van der Waals surface area contributed by atoms with Crippen LogP contribution in [0.4, 0.5) is 0 Å². The molecule has 1 N–H and O–H groups in total. The lowest BCUT2D eigenvalue weighted by molar-refractivity contribution is 0.00284. The van der Waals surface area contributed by atoms with Crippen LogP contribution in [-0.2, 0) is 22.5 Å². The van der Waals surface area contributed by atoms with E-state index in [2.05, 4.69) is 0 Å². The van der Waals surface area contributed by atoms with E-state index in [1.54, 1.807) is 6.07 Å². The quantitative estimate of drug-likeness (QED) is 0.716. The number of hydrogen-bond acceptors (Lipinski definition) is 4. The number of esters is 1. The van der Waals surface area contributed by atoms with Crippen molar-refractivity contribution in [3.05, 3.63) is 34.4 Å². The number of aliphatic hydroxyl groups is 1. The molecule has 3 rings (SSSR count). The number of ether oxygens (including phenoxy) is 2. The minimum atomic E-state index is -0.259. The number of carbonyl (C=O) groups excluding carboxylic acids is 1. The van der Waals surface area contributed by atoms with Gasteiger partial charge in [-0.05, 0) is 23.6 Å². The van der Waals surface area contributed by atoms with Crippen molar-refractivity contribution in [2.24, 2.45) is 0 Å². The standard InChI is InChI=1S/C12H12O4/c13-5-11-8-1-2-9-10(6-16-12(9)14)7(8)3-4-15-11/h1-2,11,13H,3-6H2/t11-/m1/s1. The van der Waals surface area contributed by atoms with Gasteiger partial charge in [-0.25, -0.2) is 4.79 Å². The molecule has 0 unspecified atom stereocenters. The highest BCUT2D eigenvalue weighted by Gasteiger charge is 2.29. The second kappa shape index (κ2) is 3.57. The van der Waals surface area contributed by atoms with Crippen molar-refractivity contribution in [3.8, 4) is 0 Å². The van der Waals surface area contributed by atoms with E-state index in [-0.39, 0.29) is 18.7 Å². The van der Waals surface area contributed by atoms with Crippen LogP contribution in [0.5, 0.6) is 0 Å². The summed E-state index contributed by atoms with van der Waals surface area (Å²) in [5.74, 6) is -0.246. The Morgan fingerprint density at radius 2 is 2.25 bits per heavy atom. The van der Waals surface area contributed by atoms with Gasteiger partial charge in [0.15, 0.2) is 0 Å². The Balaban J connectivity index is 2.15. The highest BCUT2D eigenvalue weighted by molar-refractivity contribution is 5.94. The predicted molar refractivity (Wildman–Crippen MR) is 55.0 cm³/mol. The largest absolute Gasteiger partial charge is 0.457 e. The van der Waals surface area contributed by atoms with Crippen LogP contribution in [0.25, 0.3) is 0 Å². The van der Waals surface area contributed by atoms with Gasteiger partial charge >= 0.3 is 5.97 Å². The van der Waals surface area contributed by atoms with Crippen LogP contribution in [0.2, 0.25) is 0 Å². The van der Waals surface area contributed by atoms with Gasteiger partial charge in [-0.3, -0.25) is 0 Å². The first-order valence-electron chi connectivity index (χ1n) is 5.35. The second-order valence-corrected chi connectivity index (χ2v) is 4.03. The summed E-state index contributed by atoms with van der Waals surface area (Å²) in [7, 11) is 0. The number of benzene rings is 1. The Labute approximate surface area is 92.8 Å². The number of carbonyl (C=O) groups is 1. The zero-order valence-electron chi connectivity index (χ0n) is 8.73. The third-order valence-electron chi connectivity index (χ3n) is 3.22. The van der Waals surface area contributed by atoms with Crippen LogP contribution in [0, 0.1) is 0 Å². The van der Waals surface area contributed by atoms with E-state index in [0.29, 0.717) is 18.8 Å². The van der Waals surface area contributed by atoms with Gasteiger partial charge in [0.05, 0.1) is 18.8 Å². The molecular formula is C12H12O4. The summed E-state index contributed by atoms with van der Waals surface area (Å²) in [6, 6.07) is 3.63. The van der Waals surface area contributed by atoms with E-state index in [1.165, 1.54) is 0 Å². The Hall–Kier alpha value is -1.39. The summed E-state index contributed by atoms with van der Waals surface area (Å²) in [5.41, 5.74) is 3.75. The summed E-state index contributed by atoms with van der Waals surface area (Å²) >= 11 is 0. The molecule has 16 heavy (non-hydrogen) atoms. The summed E-state index contributed by atoms with van der Waals surface area (Å²) in [4.78, 5) is 11.4. The summed E-state index contributed by atoms with van der Waals surface area (Å²) < 4.78 is 10.5. The maximum Gasteiger partial charge on any atom is 0.338 e. The van der Waals surface area contributed by atoms with Crippen molar-refractivity contribution >= 4 is 5.97 Å². The van der Waals surface area contributed by atoms with Crippen molar-refractivity contribution in [3.63, 3.8) is 0 Å². The van der Waals surface area contributed by atoms with Crippen molar-refractivity contribution in [1.82, 2.24) is 0 Å². The molecule has 4 nitrogen and oxygen atoms in total. The number of cyclic esters (lactones) is 1. The summed E-state index contributed by atoms with van der Waals surface area (Å²) in [6.45, 7) is 0.916. The van der Waals surface area contributed by atoms with Crippen molar-refractivity contribution in [2.75, 3.05) is 13.2 Å². The lowest BCUT2D eigenvalue weighted by Crippen LogP contribution is -2.20. The molecule has 1 aromatic carbocycles. The van der Waals surface area contributed by atoms with E-state index < -0.39 is 0 Å². The molecule has 0 bridgehead atoms. The first kappa shape index (κ1) is 9.81. The Kier molecular flexibility index (Phi) is 2.19. The van der Waals surface area contributed by atoms with Gasteiger partial charge in [-0.15, -0.1) is 0 Å². The van der Waals surface area contributed by atoms with Crippen molar-refractivity contribution in [2.45, 2.75) is 19.1 Å². The van der Waals surface area contributed by atoms with E-state index in [1.807, 2.05) is 6.07 Å². The molecule has 0 saturated heterocycles. The van der Waals surface area contributed by atoms with Gasteiger partial charge in [-0.1, -0.05) is 6.07 Å². The molecule has 2 aliphatic heterocycles. The van der Waals surface area contributed by atoms with E-state index in [9.17, 15) is 9.90 Å². The van der Waals surface area contributed by atoms with Gasteiger partial charge in [0, 0.05) is 5.56 Å². The van der Waals surface area contributed by atoms with Crippen LogP contribution in [-0.4, -0.2) is 24.3 Å². The zero-order chi connectivity index (χ0) is 11.1. The molecule has 0 radical (unpaired) electrons. The molecule has 84 valence electrons. The number of fused-ring (bicyclic) bond motifs is 3. The lowest BCUT2D eigenvalue weighted by atomic mass is 9.91.